The maximum atomic E-state index is 6.14. The average molecular weight is 321 g/mol. The van der Waals surface area contributed by atoms with E-state index in [0.29, 0.717) is 0 Å². The molecular formula is C13H19BrClNO. The molecule has 0 saturated heterocycles. The van der Waals surface area contributed by atoms with Crippen LogP contribution in [0.5, 0.6) is 0 Å². The van der Waals surface area contributed by atoms with Crippen molar-refractivity contribution < 1.29 is 4.74 Å². The quantitative estimate of drug-likeness (QED) is 0.855. The fourth-order valence-electron chi connectivity index (χ4n) is 1.61. The summed E-state index contributed by atoms with van der Waals surface area (Å²) in [6.07, 6.45) is 0. The van der Waals surface area contributed by atoms with Gasteiger partial charge in [0.15, 0.2) is 0 Å². The van der Waals surface area contributed by atoms with E-state index in [0.717, 1.165) is 34.8 Å². The SMILES string of the molecule is CCOC(C)(C)CNCc1ccc(Br)cc1Cl. The molecule has 0 bridgehead atoms. The number of halogens is 2. The molecule has 0 fully saturated rings. The molecule has 0 heterocycles. The summed E-state index contributed by atoms with van der Waals surface area (Å²) in [6, 6.07) is 5.93. The predicted octanol–water partition coefficient (Wildman–Crippen LogP) is 4.01. The van der Waals surface area contributed by atoms with E-state index in [1.54, 1.807) is 0 Å². The standard InChI is InChI=1S/C13H19BrClNO/c1-4-17-13(2,3)9-16-8-10-5-6-11(14)7-12(10)15/h5-7,16H,4,8-9H2,1-3H3. The number of rotatable bonds is 6. The monoisotopic (exact) mass is 319 g/mol. The minimum absolute atomic E-state index is 0.142. The van der Waals surface area contributed by atoms with Crippen LogP contribution in [0.1, 0.15) is 26.3 Å². The van der Waals surface area contributed by atoms with Gasteiger partial charge < -0.3 is 10.1 Å². The Balaban J connectivity index is 2.46. The van der Waals surface area contributed by atoms with Crippen LogP contribution in [0.3, 0.4) is 0 Å². The lowest BCUT2D eigenvalue weighted by atomic mass is 10.1. The van der Waals surface area contributed by atoms with Crippen molar-refractivity contribution in [2.45, 2.75) is 32.9 Å². The summed E-state index contributed by atoms with van der Waals surface area (Å²) in [5.74, 6) is 0. The van der Waals surface area contributed by atoms with Gasteiger partial charge in [-0.15, -0.1) is 0 Å². The second kappa shape index (κ2) is 6.74. The molecule has 4 heteroatoms. The summed E-state index contributed by atoms with van der Waals surface area (Å²) in [7, 11) is 0. The molecule has 0 aliphatic carbocycles. The van der Waals surface area contributed by atoms with Crippen molar-refractivity contribution in [1.29, 1.82) is 0 Å². The normalized spacial score (nSPS) is 11.8. The van der Waals surface area contributed by atoms with Crippen LogP contribution in [0.2, 0.25) is 5.02 Å². The van der Waals surface area contributed by atoms with Crippen LogP contribution in [0, 0.1) is 0 Å². The van der Waals surface area contributed by atoms with E-state index < -0.39 is 0 Å². The molecular weight excluding hydrogens is 302 g/mol. The van der Waals surface area contributed by atoms with Crippen molar-refractivity contribution in [2.75, 3.05) is 13.2 Å². The number of benzene rings is 1. The third-order valence-corrected chi connectivity index (χ3v) is 3.26. The minimum atomic E-state index is -0.142. The van der Waals surface area contributed by atoms with Gasteiger partial charge in [-0.1, -0.05) is 33.6 Å². The summed E-state index contributed by atoms with van der Waals surface area (Å²) in [4.78, 5) is 0. The van der Waals surface area contributed by atoms with Gasteiger partial charge in [0.2, 0.25) is 0 Å². The molecule has 0 unspecified atom stereocenters. The van der Waals surface area contributed by atoms with Crippen molar-refractivity contribution in [1.82, 2.24) is 5.32 Å². The summed E-state index contributed by atoms with van der Waals surface area (Å²) in [6.45, 7) is 8.44. The van der Waals surface area contributed by atoms with E-state index in [4.69, 9.17) is 16.3 Å². The summed E-state index contributed by atoms with van der Waals surface area (Å²) in [5, 5.41) is 4.14. The number of hydrogen-bond donors (Lipinski definition) is 1. The van der Waals surface area contributed by atoms with Gasteiger partial charge in [0.1, 0.15) is 0 Å². The van der Waals surface area contributed by atoms with Crippen LogP contribution in [0.4, 0.5) is 0 Å². The first-order valence-electron chi connectivity index (χ1n) is 5.73. The fourth-order valence-corrected chi connectivity index (χ4v) is 2.35. The van der Waals surface area contributed by atoms with Gasteiger partial charge in [-0.2, -0.15) is 0 Å². The molecule has 0 spiro atoms. The van der Waals surface area contributed by atoms with Crippen LogP contribution in [0.25, 0.3) is 0 Å². The van der Waals surface area contributed by atoms with Crippen LogP contribution in [0.15, 0.2) is 22.7 Å². The first-order chi connectivity index (χ1) is 7.94. The van der Waals surface area contributed by atoms with Crippen LogP contribution < -0.4 is 5.32 Å². The first-order valence-corrected chi connectivity index (χ1v) is 6.90. The summed E-state index contributed by atoms with van der Waals surface area (Å²) in [5.41, 5.74) is 0.957. The third-order valence-electron chi connectivity index (χ3n) is 2.42. The molecule has 0 saturated carbocycles. The Labute approximate surface area is 117 Å². The van der Waals surface area contributed by atoms with Crippen LogP contribution in [-0.4, -0.2) is 18.8 Å². The van der Waals surface area contributed by atoms with Gasteiger partial charge in [0.05, 0.1) is 5.60 Å². The maximum Gasteiger partial charge on any atom is 0.0750 e. The van der Waals surface area contributed by atoms with Crippen molar-refractivity contribution in [3.05, 3.63) is 33.3 Å². The lowest BCUT2D eigenvalue weighted by Gasteiger charge is -2.25. The Morgan fingerprint density at radius 1 is 1.41 bits per heavy atom. The Morgan fingerprint density at radius 3 is 2.71 bits per heavy atom. The van der Waals surface area contributed by atoms with Crippen LogP contribution >= 0.6 is 27.5 Å². The van der Waals surface area contributed by atoms with Gasteiger partial charge in [-0.3, -0.25) is 0 Å². The highest BCUT2D eigenvalue weighted by molar-refractivity contribution is 9.10. The number of hydrogen-bond acceptors (Lipinski definition) is 2. The molecule has 0 atom stereocenters. The molecule has 0 aliphatic heterocycles. The minimum Gasteiger partial charge on any atom is -0.375 e. The molecule has 1 aromatic carbocycles. The second-order valence-corrected chi connectivity index (χ2v) is 5.85. The second-order valence-electron chi connectivity index (χ2n) is 4.53. The Hall–Kier alpha value is -0.0900. The zero-order valence-corrected chi connectivity index (χ0v) is 12.9. The Morgan fingerprint density at radius 2 is 2.12 bits per heavy atom. The zero-order chi connectivity index (χ0) is 12.9. The highest BCUT2D eigenvalue weighted by atomic mass is 79.9. The molecule has 1 aromatic rings. The van der Waals surface area contributed by atoms with Gasteiger partial charge in [0.25, 0.3) is 0 Å². The topological polar surface area (TPSA) is 21.3 Å². The smallest absolute Gasteiger partial charge is 0.0750 e. The van der Waals surface area contributed by atoms with Crippen molar-refractivity contribution in [3.63, 3.8) is 0 Å². The van der Waals surface area contributed by atoms with Crippen molar-refractivity contribution in [2.24, 2.45) is 0 Å². The molecule has 1 rings (SSSR count). The highest BCUT2D eigenvalue weighted by Gasteiger charge is 2.16. The van der Waals surface area contributed by atoms with E-state index in [2.05, 4.69) is 35.1 Å². The molecule has 1 N–H and O–H groups in total. The third kappa shape index (κ3) is 5.38. The summed E-state index contributed by atoms with van der Waals surface area (Å²) >= 11 is 9.53. The molecule has 96 valence electrons. The van der Waals surface area contributed by atoms with Crippen LogP contribution in [-0.2, 0) is 11.3 Å². The lowest BCUT2D eigenvalue weighted by molar-refractivity contribution is -0.00897. The van der Waals surface area contributed by atoms with Gasteiger partial charge in [-0.25, -0.2) is 0 Å². The maximum absolute atomic E-state index is 6.14. The fraction of sp³-hybridized carbons (Fsp3) is 0.538. The van der Waals surface area contributed by atoms with Gasteiger partial charge >= 0.3 is 0 Å². The molecule has 0 amide bonds. The van der Waals surface area contributed by atoms with E-state index in [1.807, 2.05) is 25.1 Å². The molecule has 0 aliphatic rings. The van der Waals surface area contributed by atoms with Crippen molar-refractivity contribution in [3.8, 4) is 0 Å². The number of nitrogens with one attached hydrogen (secondary N) is 1. The number of ether oxygens (including phenoxy) is 1. The molecule has 0 radical (unpaired) electrons. The largest absolute Gasteiger partial charge is 0.375 e. The van der Waals surface area contributed by atoms with E-state index in [-0.39, 0.29) is 5.60 Å². The molecule has 2 nitrogen and oxygen atoms in total. The van der Waals surface area contributed by atoms with E-state index in [1.165, 1.54) is 0 Å². The van der Waals surface area contributed by atoms with E-state index >= 15 is 0 Å². The Bertz CT molecular complexity index is 368. The summed E-state index contributed by atoms with van der Waals surface area (Å²) < 4.78 is 6.61. The Kier molecular flexibility index (Phi) is 5.93. The lowest BCUT2D eigenvalue weighted by Crippen LogP contribution is -2.37. The van der Waals surface area contributed by atoms with Crippen molar-refractivity contribution >= 4 is 27.5 Å². The predicted molar refractivity (Wildman–Crippen MR) is 76.6 cm³/mol. The zero-order valence-electron chi connectivity index (χ0n) is 10.5. The highest BCUT2D eigenvalue weighted by Crippen LogP contribution is 2.21. The first kappa shape index (κ1) is 15.0. The van der Waals surface area contributed by atoms with Gasteiger partial charge in [0, 0.05) is 29.2 Å². The van der Waals surface area contributed by atoms with E-state index in [9.17, 15) is 0 Å². The molecule has 0 aromatic heterocycles. The molecule has 17 heavy (non-hydrogen) atoms. The average Bonchev–Trinajstić information content (AvgIpc) is 2.21. The van der Waals surface area contributed by atoms with Gasteiger partial charge in [-0.05, 0) is 38.5 Å².